The fourth-order valence-electron chi connectivity index (χ4n) is 0.832. The number of nitrogens with zero attached hydrogens (tertiary/aromatic N) is 2. The van der Waals surface area contributed by atoms with Crippen LogP contribution in [-0.2, 0) is 14.5 Å². The third kappa shape index (κ3) is 2.97. The molecule has 0 bridgehead atoms. The van der Waals surface area contributed by atoms with Gasteiger partial charge >= 0.3 is 10.3 Å². The SMILES string of the molecule is C=CCCCOS(=O)(=O)n1ccnc1. The van der Waals surface area contributed by atoms with E-state index in [0.717, 1.165) is 10.4 Å². The maximum atomic E-state index is 11.3. The first-order valence-electron chi connectivity index (χ1n) is 4.15. The van der Waals surface area contributed by atoms with Crippen molar-refractivity contribution in [3.05, 3.63) is 31.4 Å². The number of aromatic nitrogens is 2. The number of rotatable bonds is 6. The van der Waals surface area contributed by atoms with Crippen LogP contribution in [0.3, 0.4) is 0 Å². The summed E-state index contributed by atoms with van der Waals surface area (Å²) in [7, 11) is -3.68. The second-order valence-electron chi connectivity index (χ2n) is 2.60. The Labute approximate surface area is 83.3 Å². The molecule has 0 aliphatic heterocycles. The van der Waals surface area contributed by atoms with E-state index in [1.54, 1.807) is 6.08 Å². The average molecular weight is 216 g/mol. The molecule has 0 amide bonds. The van der Waals surface area contributed by atoms with Crippen molar-refractivity contribution in [3.63, 3.8) is 0 Å². The Morgan fingerprint density at radius 2 is 2.36 bits per heavy atom. The highest BCUT2D eigenvalue weighted by Gasteiger charge is 2.11. The molecular weight excluding hydrogens is 204 g/mol. The summed E-state index contributed by atoms with van der Waals surface area (Å²) in [6.45, 7) is 3.68. The van der Waals surface area contributed by atoms with Crippen LogP contribution in [0.2, 0.25) is 0 Å². The van der Waals surface area contributed by atoms with Crippen LogP contribution in [0.4, 0.5) is 0 Å². The number of hydrogen-bond donors (Lipinski definition) is 0. The Bertz CT molecular complexity index is 369. The average Bonchev–Trinajstić information content (AvgIpc) is 2.65. The van der Waals surface area contributed by atoms with Crippen LogP contribution in [0, 0.1) is 0 Å². The van der Waals surface area contributed by atoms with E-state index < -0.39 is 10.3 Å². The Kier molecular flexibility index (Phi) is 3.84. The Hall–Kier alpha value is -1.14. The minimum absolute atomic E-state index is 0.159. The highest BCUT2D eigenvalue weighted by Crippen LogP contribution is 2.01. The molecule has 0 spiro atoms. The van der Waals surface area contributed by atoms with Crippen LogP contribution >= 0.6 is 0 Å². The van der Waals surface area contributed by atoms with E-state index in [-0.39, 0.29) is 6.61 Å². The van der Waals surface area contributed by atoms with Crippen LogP contribution < -0.4 is 0 Å². The van der Waals surface area contributed by atoms with Gasteiger partial charge in [0.1, 0.15) is 6.33 Å². The summed E-state index contributed by atoms with van der Waals surface area (Å²) in [6.07, 6.45) is 6.97. The highest BCUT2D eigenvalue weighted by atomic mass is 32.2. The van der Waals surface area contributed by atoms with Gasteiger partial charge in [0, 0.05) is 12.4 Å². The first-order chi connectivity index (χ1) is 6.67. The minimum Gasteiger partial charge on any atom is -0.253 e. The van der Waals surface area contributed by atoms with Gasteiger partial charge in [0.15, 0.2) is 0 Å². The van der Waals surface area contributed by atoms with E-state index in [9.17, 15) is 8.42 Å². The van der Waals surface area contributed by atoms with Crippen LogP contribution in [0.15, 0.2) is 31.4 Å². The standard InChI is InChI=1S/C8H12N2O3S/c1-2-3-4-7-13-14(11,12)10-6-5-9-8-10/h2,5-6,8H,1,3-4,7H2. The summed E-state index contributed by atoms with van der Waals surface area (Å²) >= 11 is 0. The molecule has 6 heteroatoms. The molecular formula is C8H12N2O3S. The second kappa shape index (κ2) is 4.92. The summed E-state index contributed by atoms with van der Waals surface area (Å²) < 4.78 is 28.3. The third-order valence-corrected chi connectivity index (χ3v) is 2.72. The number of unbranched alkanes of at least 4 members (excludes halogenated alkanes) is 1. The first kappa shape index (κ1) is 10.9. The summed E-state index contributed by atoms with van der Waals surface area (Å²) in [5.41, 5.74) is 0. The molecule has 0 radical (unpaired) electrons. The minimum atomic E-state index is -3.68. The maximum absolute atomic E-state index is 11.3. The van der Waals surface area contributed by atoms with E-state index >= 15 is 0 Å². The molecule has 0 fully saturated rings. The molecule has 78 valence electrons. The molecule has 1 rings (SSSR count). The maximum Gasteiger partial charge on any atom is 0.367 e. The monoisotopic (exact) mass is 216 g/mol. The molecule has 0 aromatic carbocycles. The smallest absolute Gasteiger partial charge is 0.253 e. The molecule has 0 unspecified atom stereocenters. The summed E-state index contributed by atoms with van der Waals surface area (Å²) in [5.74, 6) is 0. The molecule has 1 aromatic rings. The van der Waals surface area contributed by atoms with Gasteiger partial charge in [0.25, 0.3) is 0 Å². The Morgan fingerprint density at radius 3 is 2.93 bits per heavy atom. The lowest BCUT2D eigenvalue weighted by molar-refractivity contribution is 0.308. The van der Waals surface area contributed by atoms with Gasteiger partial charge in [-0.05, 0) is 12.8 Å². The van der Waals surface area contributed by atoms with Gasteiger partial charge in [-0.25, -0.2) is 8.96 Å². The van der Waals surface area contributed by atoms with Gasteiger partial charge < -0.3 is 0 Å². The second-order valence-corrected chi connectivity index (χ2v) is 4.12. The van der Waals surface area contributed by atoms with Crippen molar-refractivity contribution in [1.29, 1.82) is 0 Å². The van der Waals surface area contributed by atoms with Crippen molar-refractivity contribution in [3.8, 4) is 0 Å². The topological polar surface area (TPSA) is 61.2 Å². The zero-order valence-corrected chi connectivity index (χ0v) is 8.48. The largest absolute Gasteiger partial charge is 0.367 e. The van der Waals surface area contributed by atoms with E-state index in [1.807, 2.05) is 0 Å². The summed E-state index contributed by atoms with van der Waals surface area (Å²) in [6, 6.07) is 0. The molecule has 14 heavy (non-hydrogen) atoms. The number of allylic oxidation sites excluding steroid dienone is 1. The van der Waals surface area contributed by atoms with E-state index in [1.165, 1.54) is 18.7 Å². The highest BCUT2D eigenvalue weighted by molar-refractivity contribution is 7.85. The van der Waals surface area contributed by atoms with Crippen molar-refractivity contribution in [2.45, 2.75) is 12.8 Å². The lowest BCUT2D eigenvalue weighted by Gasteiger charge is -2.04. The van der Waals surface area contributed by atoms with Gasteiger partial charge in [0.2, 0.25) is 0 Å². The fraction of sp³-hybridized carbons (Fsp3) is 0.375. The Morgan fingerprint density at radius 1 is 1.57 bits per heavy atom. The molecule has 5 nitrogen and oxygen atoms in total. The van der Waals surface area contributed by atoms with Crippen LogP contribution in [-0.4, -0.2) is 24.0 Å². The quantitative estimate of drug-likeness (QED) is 0.525. The van der Waals surface area contributed by atoms with Gasteiger partial charge in [-0.2, -0.15) is 8.42 Å². The van der Waals surface area contributed by atoms with Gasteiger partial charge in [-0.1, -0.05) is 6.08 Å². The van der Waals surface area contributed by atoms with Gasteiger partial charge in [-0.15, -0.1) is 6.58 Å². The zero-order valence-electron chi connectivity index (χ0n) is 7.67. The van der Waals surface area contributed by atoms with E-state index in [2.05, 4.69) is 11.6 Å². The van der Waals surface area contributed by atoms with Crippen LogP contribution in [0.5, 0.6) is 0 Å². The van der Waals surface area contributed by atoms with E-state index in [0.29, 0.717) is 6.42 Å². The molecule has 1 aromatic heterocycles. The molecule has 0 saturated carbocycles. The van der Waals surface area contributed by atoms with Crippen LogP contribution in [0.25, 0.3) is 0 Å². The summed E-state index contributed by atoms with van der Waals surface area (Å²) in [4.78, 5) is 3.62. The lowest BCUT2D eigenvalue weighted by Crippen LogP contribution is -2.14. The van der Waals surface area contributed by atoms with E-state index in [4.69, 9.17) is 4.18 Å². The lowest BCUT2D eigenvalue weighted by atomic mass is 10.3. The molecule has 0 saturated heterocycles. The van der Waals surface area contributed by atoms with Crippen molar-refractivity contribution in [2.75, 3.05) is 6.61 Å². The molecule has 0 N–H and O–H groups in total. The predicted octanol–water partition coefficient (Wildman–Crippen LogP) is 0.959. The van der Waals surface area contributed by atoms with Crippen molar-refractivity contribution in [1.82, 2.24) is 8.96 Å². The Balaban J connectivity index is 2.47. The van der Waals surface area contributed by atoms with Crippen molar-refractivity contribution >= 4 is 10.3 Å². The number of imidazole rings is 1. The first-order valence-corrected chi connectivity index (χ1v) is 5.52. The molecule has 0 aliphatic carbocycles. The van der Waals surface area contributed by atoms with Gasteiger partial charge in [0.05, 0.1) is 6.61 Å². The zero-order chi connectivity index (χ0) is 10.4. The summed E-state index contributed by atoms with van der Waals surface area (Å²) in [5, 5.41) is 0. The normalized spacial score (nSPS) is 11.4. The predicted molar refractivity (Wildman–Crippen MR) is 51.9 cm³/mol. The van der Waals surface area contributed by atoms with Crippen molar-refractivity contribution < 1.29 is 12.6 Å². The third-order valence-electron chi connectivity index (χ3n) is 1.52. The fourth-order valence-corrected chi connectivity index (χ4v) is 1.66. The van der Waals surface area contributed by atoms with Crippen LogP contribution in [0.1, 0.15) is 12.8 Å². The number of hydrogen-bond acceptors (Lipinski definition) is 4. The molecule has 1 heterocycles. The molecule has 0 aliphatic rings. The van der Waals surface area contributed by atoms with Gasteiger partial charge in [-0.3, -0.25) is 4.18 Å². The van der Waals surface area contributed by atoms with Crippen molar-refractivity contribution in [2.24, 2.45) is 0 Å². The molecule has 0 atom stereocenters.